The lowest BCUT2D eigenvalue weighted by molar-refractivity contribution is -0.953. The van der Waals surface area contributed by atoms with E-state index in [1.54, 1.807) is 0 Å². The van der Waals surface area contributed by atoms with Gasteiger partial charge in [0.1, 0.15) is 52.7 Å². The fourth-order valence-corrected chi connectivity index (χ4v) is 9.19. The van der Waals surface area contributed by atoms with Crippen LogP contribution < -0.4 is 21.9 Å². The second-order valence-corrected chi connectivity index (χ2v) is 16.2. The molecule has 0 bridgehead atoms. The van der Waals surface area contributed by atoms with E-state index in [4.69, 9.17) is 0 Å². The van der Waals surface area contributed by atoms with E-state index in [1.165, 1.54) is 108 Å². The van der Waals surface area contributed by atoms with Gasteiger partial charge in [0, 0.05) is 0 Å². The van der Waals surface area contributed by atoms with Crippen LogP contribution in [0, 0.1) is 116 Å². The lowest BCUT2D eigenvalue weighted by atomic mass is 9.12. The highest BCUT2D eigenvalue weighted by atomic mass is 19.2. The molecule has 1 nitrogen and oxygen atoms in total. The molecule has 0 spiro atoms. The topological polar surface area (TPSA) is 0 Å². The molecule has 0 unspecified atom stereocenters. The first-order valence-electron chi connectivity index (χ1n) is 21.1. The number of unbranched alkanes of at least 4 members (excludes halogenated alkanes) is 5. The molecule has 1 aliphatic carbocycles. The zero-order valence-electron chi connectivity index (χ0n) is 35.5. The van der Waals surface area contributed by atoms with Crippen molar-refractivity contribution in [2.45, 2.75) is 110 Å². The Hall–Kier alpha value is -4.50. The van der Waals surface area contributed by atoms with Gasteiger partial charge in [-0.15, -0.1) is 21.9 Å². The van der Waals surface area contributed by atoms with Gasteiger partial charge in [-0.2, -0.15) is 0 Å². The average molecular weight is 976 g/mol. The molecule has 1 fully saturated rings. The van der Waals surface area contributed by atoms with Crippen LogP contribution in [0.15, 0.2) is 0 Å². The summed E-state index contributed by atoms with van der Waals surface area (Å²) in [6.07, 6.45) is 11.7. The van der Waals surface area contributed by atoms with Crippen molar-refractivity contribution in [2.24, 2.45) is 0 Å². The van der Waals surface area contributed by atoms with E-state index < -0.39 is 144 Å². The Morgan fingerprint density at radius 2 is 0.530 bits per heavy atom. The van der Waals surface area contributed by atoms with Gasteiger partial charge in [0.25, 0.3) is 0 Å². The van der Waals surface area contributed by atoms with Crippen LogP contribution >= 0.6 is 0 Å². The van der Waals surface area contributed by atoms with Gasteiger partial charge in [-0.3, -0.25) is 0 Å². The number of quaternary nitrogens is 1. The average Bonchev–Trinajstić information content (AvgIpc) is 3.31. The highest BCUT2D eigenvalue weighted by Gasteiger charge is 2.52. The van der Waals surface area contributed by atoms with Crippen LogP contribution in [0.1, 0.15) is 104 Å². The molecule has 0 radical (unpaired) electrons. The third kappa shape index (κ3) is 9.49. The van der Waals surface area contributed by atoms with E-state index in [9.17, 15) is 52.7 Å². The number of nitrogens with zero attached hydrogens (tertiary/aromatic N) is 1. The summed E-state index contributed by atoms with van der Waals surface area (Å²) in [5, 5.41) is 0. The molecule has 4 aromatic carbocycles. The van der Waals surface area contributed by atoms with E-state index in [-0.39, 0.29) is 0 Å². The van der Waals surface area contributed by atoms with E-state index in [1.807, 2.05) is 0 Å². The second-order valence-electron chi connectivity index (χ2n) is 16.2. The number of rotatable bonds is 16. The molecule has 1 aliphatic rings. The smallest absolute Gasteiger partial charge is 0.200 e. The fraction of sp³-hybridized carbons (Fsp3) is 0.455. The van der Waals surface area contributed by atoms with Crippen molar-refractivity contribution in [3.8, 4) is 0 Å². The first-order chi connectivity index (χ1) is 31.0. The molecule has 4 aromatic rings. The molecule has 0 heterocycles. The van der Waals surface area contributed by atoms with E-state index >= 15 is 35.1 Å². The molecule has 1 saturated carbocycles. The lowest BCUT2D eigenvalue weighted by Gasteiger charge is -2.47. The molecule has 366 valence electrons. The zero-order chi connectivity index (χ0) is 49.7. The normalized spacial score (nSPS) is 13.7. The molecule has 0 aliphatic heterocycles. The zero-order valence-corrected chi connectivity index (χ0v) is 35.5. The minimum atomic E-state index is -7.22. The molecule has 5 rings (SSSR count). The highest BCUT2D eigenvalue weighted by molar-refractivity contribution is 7.20. The summed E-state index contributed by atoms with van der Waals surface area (Å²) in [5.74, 6) is -71.4. The van der Waals surface area contributed by atoms with Crippen LogP contribution in [0.4, 0.5) is 87.8 Å². The standard InChI is InChI=1S/C24BF20.C20H42N/c26-5-1(6(27)14(35)21(42)13(5)34)25(2-7(28)15(36)22(43)16(37)8(2)29,3-9(30)17(38)23(44)18(39)10(3)31)4-11(32)19(40)24(45)20(41)12(4)33;1-4-7-10-14-19-21(17-8-5-2,18-9-6-3)20-15-12-11-13-16-20/h;20H,4-19H2,1-3H3/q-1;+1. The third-order valence-electron chi connectivity index (χ3n) is 12.4. The lowest BCUT2D eigenvalue weighted by Crippen LogP contribution is -2.81. The van der Waals surface area contributed by atoms with Gasteiger partial charge in [-0.05, 0) is 51.4 Å². The Bertz CT molecular complexity index is 2010. The van der Waals surface area contributed by atoms with Crippen LogP contribution in [0.2, 0.25) is 0 Å². The van der Waals surface area contributed by atoms with Crippen molar-refractivity contribution in [1.82, 2.24) is 0 Å². The van der Waals surface area contributed by atoms with Crippen LogP contribution in [-0.4, -0.2) is 36.3 Å². The van der Waals surface area contributed by atoms with Gasteiger partial charge in [0.2, 0.25) is 0 Å². The maximum atomic E-state index is 15.4. The summed E-state index contributed by atoms with van der Waals surface area (Å²) < 4.78 is 295. The van der Waals surface area contributed by atoms with E-state index in [0.29, 0.717) is 0 Å². The minimum Gasteiger partial charge on any atom is -0.321 e. The molecular weight excluding hydrogens is 933 g/mol. The summed E-state index contributed by atoms with van der Waals surface area (Å²) in [4.78, 5) is 0. The largest absolute Gasteiger partial charge is 0.321 e. The quantitative estimate of drug-likeness (QED) is 0.0262. The van der Waals surface area contributed by atoms with Gasteiger partial charge in [0.05, 0.1) is 25.7 Å². The number of hydrogen-bond donors (Lipinski definition) is 0. The van der Waals surface area contributed by atoms with Crippen molar-refractivity contribution in [3.63, 3.8) is 0 Å². The molecular formula is C44H42BF20N. The van der Waals surface area contributed by atoms with E-state index in [2.05, 4.69) is 20.8 Å². The minimum absolute atomic E-state index is 0.999. The van der Waals surface area contributed by atoms with Crippen LogP contribution in [-0.2, 0) is 0 Å². The molecule has 0 aromatic heterocycles. The summed E-state index contributed by atoms with van der Waals surface area (Å²) in [5.41, 5.74) is -14.3. The van der Waals surface area contributed by atoms with Crippen molar-refractivity contribution in [2.75, 3.05) is 19.6 Å². The summed E-state index contributed by atoms with van der Waals surface area (Å²) in [6.45, 7) is 11.5. The maximum absolute atomic E-state index is 15.4. The molecule has 66 heavy (non-hydrogen) atoms. The van der Waals surface area contributed by atoms with Gasteiger partial charge in [-0.25, -0.2) is 87.8 Å². The van der Waals surface area contributed by atoms with Crippen molar-refractivity contribution in [3.05, 3.63) is 116 Å². The first-order valence-corrected chi connectivity index (χ1v) is 21.1. The predicted octanol–water partition coefficient (Wildman–Crippen LogP) is 12.2. The summed E-state index contributed by atoms with van der Waals surface area (Å²) in [7, 11) is 0. The third-order valence-corrected chi connectivity index (χ3v) is 12.4. The Labute approximate surface area is 366 Å². The molecule has 0 N–H and O–H groups in total. The van der Waals surface area contributed by atoms with Gasteiger partial charge >= 0.3 is 0 Å². The highest BCUT2D eigenvalue weighted by Crippen LogP contribution is 2.33. The first kappa shape index (κ1) is 54.1. The Morgan fingerprint density at radius 1 is 0.303 bits per heavy atom. The van der Waals surface area contributed by atoms with Crippen LogP contribution in [0.25, 0.3) is 0 Å². The molecule has 22 heteroatoms. The Balaban J connectivity index is 0.000000380. The molecule has 0 atom stereocenters. The van der Waals surface area contributed by atoms with E-state index in [0.717, 1.165) is 6.04 Å². The molecule has 0 saturated heterocycles. The van der Waals surface area contributed by atoms with Crippen molar-refractivity contribution in [1.29, 1.82) is 0 Å². The van der Waals surface area contributed by atoms with Crippen LogP contribution in [0.3, 0.4) is 0 Å². The van der Waals surface area contributed by atoms with Gasteiger partial charge < -0.3 is 4.48 Å². The number of benzene rings is 4. The monoisotopic (exact) mass is 975 g/mol. The predicted molar refractivity (Wildman–Crippen MR) is 205 cm³/mol. The van der Waals surface area contributed by atoms with Gasteiger partial charge in [-0.1, -0.05) is 52.9 Å². The Kier molecular flexibility index (Phi) is 18.1. The van der Waals surface area contributed by atoms with Crippen LogP contribution in [0.5, 0.6) is 0 Å². The summed E-state index contributed by atoms with van der Waals surface area (Å²) in [6, 6.07) is 0.999. The second kappa shape index (κ2) is 22.1. The SMILES string of the molecule is CCCCCC[N+](CCCC)(CCCC)C1CCCCC1.Fc1c(F)c(F)c([B-](c2c(F)c(F)c(F)c(F)c2F)(c2c(F)c(F)c(F)c(F)c2F)c2c(F)c(F)c(F)c(F)c2F)c(F)c1F. The molecule has 0 amide bonds. The maximum Gasteiger partial charge on any atom is 0.200 e. The number of hydrogen-bond acceptors (Lipinski definition) is 0. The van der Waals surface area contributed by atoms with Crippen molar-refractivity contribution < 1.29 is 92.3 Å². The number of halogens is 20. The Morgan fingerprint density at radius 3 is 0.773 bits per heavy atom. The fourth-order valence-electron chi connectivity index (χ4n) is 9.19. The summed E-state index contributed by atoms with van der Waals surface area (Å²) >= 11 is 0. The van der Waals surface area contributed by atoms with Crippen molar-refractivity contribution >= 4 is 28.0 Å². The van der Waals surface area contributed by atoms with Gasteiger partial charge in [0.15, 0.2) is 69.8 Å².